The van der Waals surface area contributed by atoms with Crippen LogP contribution in [0.5, 0.6) is 0 Å². The molecular formula is C20H16KN3O7. The van der Waals surface area contributed by atoms with Gasteiger partial charge < -0.3 is 24.7 Å². The van der Waals surface area contributed by atoms with E-state index < -0.39 is 11.6 Å². The zero-order chi connectivity index (χ0) is 21.5. The van der Waals surface area contributed by atoms with Crippen molar-refractivity contribution in [2.75, 3.05) is 0 Å². The summed E-state index contributed by atoms with van der Waals surface area (Å²) in [7, 11) is 0. The summed E-state index contributed by atoms with van der Waals surface area (Å²) in [6.45, 7) is 2.01. The zero-order valence-electron chi connectivity index (χ0n) is 16.8. The average Bonchev–Trinajstić information content (AvgIpc) is 3.13. The van der Waals surface area contributed by atoms with Crippen molar-refractivity contribution in [1.82, 2.24) is 9.55 Å². The summed E-state index contributed by atoms with van der Waals surface area (Å²) < 4.78 is 6.72. The van der Waals surface area contributed by atoms with E-state index in [1.807, 2.05) is 30.3 Å². The van der Waals surface area contributed by atoms with Crippen LogP contribution >= 0.6 is 0 Å². The number of hydrogen-bond donors (Lipinski definition) is 1. The predicted molar refractivity (Wildman–Crippen MR) is 101 cm³/mol. The second-order valence-electron chi connectivity index (χ2n) is 6.94. The molecule has 0 spiro atoms. The Bertz CT molecular complexity index is 1240. The van der Waals surface area contributed by atoms with E-state index in [2.05, 4.69) is 4.99 Å². The molecule has 4 heterocycles. The van der Waals surface area contributed by atoms with Crippen LogP contribution in [0.3, 0.4) is 0 Å². The van der Waals surface area contributed by atoms with Crippen LogP contribution in [0.2, 0.25) is 0 Å². The molecule has 154 valence electrons. The largest absolute Gasteiger partial charge is 1.00 e. The molecule has 0 fully saturated rings. The number of ether oxygens (including phenoxy) is 1. The van der Waals surface area contributed by atoms with Crippen molar-refractivity contribution in [1.29, 1.82) is 0 Å². The third-order valence-corrected chi connectivity index (χ3v) is 5.45. The Morgan fingerprint density at radius 2 is 2.03 bits per heavy atom. The van der Waals surface area contributed by atoms with Gasteiger partial charge in [0.1, 0.15) is 11.9 Å². The quantitative estimate of drug-likeness (QED) is 0.122. The number of esters is 1. The molecule has 3 aromatic rings. The maximum absolute atomic E-state index is 13.0. The fourth-order valence-electron chi connectivity index (χ4n) is 3.93. The van der Waals surface area contributed by atoms with Crippen molar-refractivity contribution >= 4 is 16.9 Å². The Kier molecular flexibility index (Phi) is 7.06. The van der Waals surface area contributed by atoms with Crippen LogP contribution < -0.4 is 62.2 Å². The summed E-state index contributed by atoms with van der Waals surface area (Å²) in [5.74, 6) is -0.707. The van der Waals surface area contributed by atoms with E-state index in [0.29, 0.717) is 23.4 Å². The first kappa shape index (κ1) is 23.7. The molecule has 11 heteroatoms. The molecule has 10 nitrogen and oxygen atoms in total. The van der Waals surface area contributed by atoms with Gasteiger partial charge in [-0.3, -0.25) is 4.79 Å². The van der Waals surface area contributed by atoms with Crippen LogP contribution in [0.15, 0.2) is 46.5 Å². The monoisotopic (exact) mass is 449 g/mol. The second kappa shape index (κ2) is 9.24. The van der Waals surface area contributed by atoms with Crippen molar-refractivity contribution in [2.45, 2.75) is 32.1 Å². The summed E-state index contributed by atoms with van der Waals surface area (Å²) in [4.78, 5) is 40.6. The SMILES string of the molecule is CC[C@@]1(O)C(=O)OCc2c1cc1n(c2=O)Cc2cc3ccccc3nc2-1.O=NO[O-].[K+]. The van der Waals surface area contributed by atoms with E-state index in [0.717, 1.165) is 22.2 Å². The molecule has 0 bridgehead atoms. The molecule has 1 aromatic carbocycles. The summed E-state index contributed by atoms with van der Waals surface area (Å²) >= 11 is 0. The van der Waals surface area contributed by atoms with Crippen molar-refractivity contribution in [3.8, 4) is 11.4 Å². The van der Waals surface area contributed by atoms with Gasteiger partial charge in [-0.1, -0.05) is 25.1 Å². The second-order valence-corrected chi connectivity index (χ2v) is 6.94. The minimum atomic E-state index is -1.79. The topological polar surface area (TPSA) is 143 Å². The van der Waals surface area contributed by atoms with Crippen LogP contribution in [0.1, 0.15) is 30.0 Å². The third-order valence-electron chi connectivity index (χ3n) is 5.45. The Morgan fingerprint density at radius 3 is 2.71 bits per heavy atom. The number of cyclic esters (lactones) is 1. The fourth-order valence-corrected chi connectivity index (χ4v) is 3.93. The third kappa shape index (κ3) is 3.86. The Balaban J connectivity index is 0.000000504. The first-order valence-corrected chi connectivity index (χ1v) is 9.12. The number of nitrogens with zero attached hydrogens (tertiary/aromatic N) is 3. The number of aliphatic hydroxyl groups is 1. The van der Waals surface area contributed by atoms with E-state index in [1.54, 1.807) is 17.6 Å². The number of rotatable bonds is 2. The maximum Gasteiger partial charge on any atom is 1.00 e. The van der Waals surface area contributed by atoms with Crippen molar-refractivity contribution in [3.63, 3.8) is 0 Å². The van der Waals surface area contributed by atoms with Crippen molar-refractivity contribution in [2.24, 2.45) is 5.34 Å². The van der Waals surface area contributed by atoms with Gasteiger partial charge >= 0.3 is 57.4 Å². The van der Waals surface area contributed by atoms with Crippen LogP contribution in [-0.2, 0) is 33.3 Å². The molecule has 0 aliphatic carbocycles. The van der Waals surface area contributed by atoms with Gasteiger partial charge in [0.15, 0.2) is 5.60 Å². The molecule has 0 unspecified atom stereocenters. The number of benzene rings is 1. The van der Waals surface area contributed by atoms with Gasteiger partial charge in [-0.15, -0.1) is 4.91 Å². The normalized spacial score (nSPS) is 17.8. The molecule has 2 aromatic heterocycles. The molecule has 0 saturated carbocycles. The summed E-state index contributed by atoms with van der Waals surface area (Å²) in [6.07, 6.45) is 0.139. The molecule has 2 aliphatic rings. The van der Waals surface area contributed by atoms with Gasteiger partial charge in [0, 0.05) is 16.5 Å². The predicted octanol–water partition coefficient (Wildman–Crippen LogP) is -1.96. The number of fused-ring (bicyclic) bond motifs is 5. The molecule has 1 N–H and O–H groups in total. The molecule has 0 amide bonds. The number of carbonyl (C=O) groups is 1. The average molecular weight is 449 g/mol. The van der Waals surface area contributed by atoms with E-state index in [4.69, 9.17) is 19.9 Å². The van der Waals surface area contributed by atoms with Crippen molar-refractivity contribution in [3.05, 3.63) is 68.3 Å². The number of hydrogen-bond acceptors (Lipinski definition) is 9. The van der Waals surface area contributed by atoms with Gasteiger partial charge in [-0.25, -0.2) is 9.78 Å². The smallest absolute Gasteiger partial charge is 0.635 e. The Morgan fingerprint density at radius 1 is 1.32 bits per heavy atom. The Labute approximate surface area is 218 Å². The molecule has 0 radical (unpaired) electrons. The molecule has 5 rings (SSSR count). The van der Waals surface area contributed by atoms with Gasteiger partial charge in [-0.2, -0.15) is 0 Å². The zero-order valence-corrected chi connectivity index (χ0v) is 19.9. The minimum Gasteiger partial charge on any atom is -0.635 e. The number of pyridine rings is 2. The Hall–Kier alpha value is -1.99. The van der Waals surface area contributed by atoms with E-state index in [-0.39, 0.29) is 70.0 Å². The maximum atomic E-state index is 13.0. The molecule has 0 saturated heterocycles. The fraction of sp³-hybridized carbons (Fsp3) is 0.250. The molecule has 31 heavy (non-hydrogen) atoms. The van der Waals surface area contributed by atoms with E-state index in [1.165, 1.54) is 5.34 Å². The van der Waals surface area contributed by atoms with Crippen LogP contribution in [-0.4, -0.2) is 20.6 Å². The number of aromatic nitrogens is 2. The van der Waals surface area contributed by atoms with E-state index >= 15 is 0 Å². The summed E-state index contributed by atoms with van der Waals surface area (Å²) in [5.41, 5.74) is 1.81. The molecule has 2 aliphatic heterocycles. The minimum absolute atomic E-state index is 0. The summed E-state index contributed by atoms with van der Waals surface area (Å²) in [6, 6.07) is 11.6. The number of carbonyl (C=O) groups excluding carboxylic acids is 1. The van der Waals surface area contributed by atoms with Crippen molar-refractivity contribution < 1.29 is 76.3 Å². The van der Waals surface area contributed by atoms with Gasteiger partial charge in [0.25, 0.3) is 5.56 Å². The molecule has 1 atom stereocenters. The van der Waals surface area contributed by atoms with Gasteiger partial charge in [0.2, 0.25) is 0 Å². The van der Waals surface area contributed by atoms with Crippen LogP contribution in [0, 0.1) is 4.91 Å². The summed E-state index contributed by atoms with van der Waals surface area (Å²) in [5, 5.41) is 21.6. The van der Waals surface area contributed by atoms with Gasteiger partial charge in [-0.05, 0) is 24.6 Å². The molecular weight excluding hydrogens is 433 g/mol. The van der Waals surface area contributed by atoms with Crippen LogP contribution in [0.4, 0.5) is 0 Å². The van der Waals surface area contributed by atoms with E-state index in [9.17, 15) is 14.7 Å². The first-order chi connectivity index (χ1) is 14.4. The standard InChI is InChI=1S/C20H16N2O4.K.HNO3/c1-2-20(25)14-8-16-17-12(7-11-5-3-4-6-15(11)21-17)9-22(16)18(23)13(14)10-26-19(20)24;;2-1-4-3/h3-8,25H,2,9-10H2,1H3;;3H/q;+1;/p-1/t20-;;/m0../s1. The first-order valence-electron chi connectivity index (χ1n) is 9.12. The van der Waals surface area contributed by atoms with Gasteiger partial charge in [0.05, 0.1) is 29.0 Å². The number of para-hydroxylation sites is 1. The van der Waals surface area contributed by atoms with Crippen LogP contribution in [0.25, 0.3) is 22.3 Å².